The first-order chi connectivity index (χ1) is 10.1. The van der Waals surface area contributed by atoms with E-state index in [1.165, 1.54) is 12.1 Å². The van der Waals surface area contributed by atoms with Crippen molar-refractivity contribution in [2.75, 3.05) is 31.5 Å². The third-order valence-corrected chi connectivity index (χ3v) is 4.02. The Labute approximate surface area is 129 Å². The maximum Gasteiger partial charge on any atom is 0.238 e. The first-order valence-corrected chi connectivity index (χ1v) is 7.67. The summed E-state index contributed by atoms with van der Waals surface area (Å²) in [4.78, 5) is 14.2. The largest absolute Gasteiger partial charge is 0.322 e. The molecule has 1 aromatic carbocycles. The van der Waals surface area contributed by atoms with E-state index in [2.05, 4.69) is 15.5 Å². The summed E-state index contributed by atoms with van der Waals surface area (Å²) >= 11 is 5.69. The summed E-state index contributed by atoms with van der Waals surface area (Å²) in [7, 11) is 0. The molecular formula is C15H21ClFN3O. The second kappa shape index (κ2) is 7.73. The summed E-state index contributed by atoms with van der Waals surface area (Å²) in [6.45, 7) is 5.09. The highest BCUT2D eigenvalue weighted by molar-refractivity contribution is 6.30. The predicted molar refractivity (Wildman–Crippen MR) is 83.2 cm³/mol. The minimum atomic E-state index is -0.513. The first kappa shape index (κ1) is 16.2. The van der Waals surface area contributed by atoms with E-state index < -0.39 is 5.82 Å². The summed E-state index contributed by atoms with van der Waals surface area (Å²) in [5, 5.41) is 6.24. The molecule has 4 nitrogen and oxygen atoms in total. The van der Waals surface area contributed by atoms with Crippen molar-refractivity contribution in [1.82, 2.24) is 10.2 Å². The van der Waals surface area contributed by atoms with Gasteiger partial charge in [0.05, 0.1) is 12.2 Å². The highest BCUT2D eigenvalue weighted by atomic mass is 35.5. The van der Waals surface area contributed by atoms with Crippen LogP contribution in [0, 0.1) is 5.82 Å². The Kier molecular flexibility index (Phi) is 5.96. The average molecular weight is 314 g/mol. The van der Waals surface area contributed by atoms with Crippen LogP contribution in [0.5, 0.6) is 0 Å². The van der Waals surface area contributed by atoms with Gasteiger partial charge in [-0.3, -0.25) is 9.69 Å². The van der Waals surface area contributed by atoms with Crippen molar-refractivity contribution in [3.8, 4) is 0 Å². The van der Waals surface area contributed by atoms with Gasteiger partial charge in [0.15, 0.2) is 0 Å². The van der Waals surface area contributed by atoms with Crippen LogP contribution < -0.4 is 10.6 Å². The number of hydrogen-bond acceptors (Lipinski definition) is 3. The number of amides is 1. The van der Waals surface area contributed by atoms with Gasteiger partial charge in [-0.1, -0.05) is 18.5 Å². The molecule has 0 aromatic heterocycles. The molecule has 0 radical (unpaired) electrons. The third-order valence-electron chi connectivity index (χ3n) is 3.78. The zero-order valence-electron chi connectivity index (χ0n) is 12.2. The summed E-state index contributed by atoms with van der Waals surface area (Å²) in [5.74, 6) is -0.711. The Morgan fingerprint density at radius 1 is 1.48 bits per heavy atom. The maximum absolute atomic E-state index is 13.7. The van der Waals surface area contributed by atoms with Crippen LogP contribution in [0.15, 0.2) is 18.2 Å². The SMILES string of the molecule is CCN(CC(=O)Nc1ccc(Cl)cc1F)C1CCNCC1. The first-order valence-electron chi connectivity index (χ1n) is 7.30. The van der Waals surface area contributed by atoms with Gasteiger partial charge in [-0.15, -0.1) is 0 Å². The molecule has 1 aliphatic heterocycles. The molecule has 0 bridgehead atoms. The van der Waals surface area contributed by atoms with Gasteiger partial charge in [0.25, 0.3) is 0 Å². The fourth-order valence-electron chi connectivity index (χ4n) is 2.64. The molecule has 1 saturated heterocycles. The zero-order chi connectivity index (χ0) is 15.2. The predicted octanol–water partition coefficient (Wildman–Crippen LogP) is 2.49. The molecule has 1 fully saturated rings. The summed E-state index contributed by atoms with van der Waals surface area (Å²) in [6, 6.07) is 4.65. The number of carbonyl (C=O) groups is 1. The molecule has 2 N–H and O–H groups in total. The second-order valence-corrected chi connectivity index (χ2v) is 5.65. The topological polar surface area (TPSA) is 44.4 Å². The number of benzene rings is 1. The molecule has 6 heteroatoms. The second-order valence-electron chi connectivity index (χ2n) is 5.22. The lowest BCUT2D eigenvalue weighted by molar-refractivity contribution is -0.118. The van der Waals surface area contributed by atoms with Crippen LogP contribution in [0.1, 0.15) is 19.8 Å². The van der Waals surface area contributed by atoms with Gasteiger partial charge in [0.1, 0.15) is 5.82 Å². The van der Waals surface area contributed by atoms with Crippen LogP contribution in [0.2, 0.25) is 5.02 Å². The van der Waals surface area contributed by atoms with Gasteiger partial charge < -0.3 is 10.6 Å². The van der Waals surface area contributed by atoms with Gasteiger partial charge in [-0.25, -0.2) is 4.39 Å². The molecule has 0 aliphatic carbocycles. The smallest absolute Gasteiger partial charge is 0.238 e. The van der Waals surface area contributed by atoms with Gasteiger partial charge in [-0.2, -0.15) is 0 Å². The Balaban J connectivity index is 1.92. The molecule has 1 aliphatic rings. The molecule has 0 saturated carbocycles. The average Bonchev–Trinajstić information content (AvgIpc) is 2.48. The Morgan fingerprint density at radius 3 is 2.81 bits per heavy atom. The zero-order valence-corrected chi connectivity index (χ0v) is 12.9. The maximum atomic E-state index is 13.7. The van der Waals surface area contributed by atoms with Gasteiger partial charge in [-0.05, 0) is 50.7 Å². The summed E-state index contributed by atoms with van der Waals surface area (Å²) in [6.07, 6.45) is 2.08. The highest BCUT2D eigenvalue weighted by Gasteiger charge is 2.21. The van der Waals surface area contributed by atoms with Gasteiger partial charge in [0.2, 0.25) is 5.91 Å². The van der Waals surface area contributed by atoms with E-state index in [0.717, 1.165) is 32.5 Å². The van der Waals surface area contributed by atoms with Crippen molar-refractivity contribution in [1.29, 1.82) is 0 Å². The molecule has 1 heterocycles. The number of anilines is 1. The lowest BCUT2D eigenvalue weighted by atomic mass is 10.0. The van der Waals surface area contributed by atoms with E-state index >= 15 is 0 Å². The van der Waals surface area contributed by atoms with Crippen LogP contribution in [0.4, 0.5) is 10.1 Å². The minimum Gasteiger partial charge on any atom is -0.322 e. The Hall–Kier alpha value is -1.17. The van der Waals surface area contributed by atoms with E-state index in [4.69, 9.17) is 11.6 Å². The fourth-order valence-corrected chi connectivity index (χ4v) is 2.79. The molecule has 0 atom stereocenters. The van der Waals surface area contributed by atoms with Crippen LogP contribution in [0.25, 0.3) is 0 Å². The number of nitrogens with one attached hydrogen (secondary N) is 2. The van der Waals surface area contributed by atoms with Gasteiger partial charge >= 0.3 is 0 Å². The van der Waals surface area contributed by atoms with Crippen molar-refractivity contribution in [3.63, 3.8) is 0 Å². The third kappa shape index (κ3) is 4.66. The molecule has 1 aromatic rings. The number of carbonyl (C=O) groups excluding carboxylic acids is 1. The van der Waals surface area contributed by atoms with Crippen molar-refractivity contribution in [2.24, 2.45) is 0 Å². The number of nitrogens with zero attached hydrogens (tertiary/aromatic N) is 1. The van der Waals surface area contributed by atoms with E-state index in [1.807, 2.05) is 6.92 Å². The van der Waals surface area contributed by atoms with Crippen LogP contribution >= 0.6 is 11.6 Å². The minimum absolute atomic E-state index is 0.172. The number of hydrogen-bond donors (Lipinski definition) is 2. The van der Waals surface area contributed by atoms with Crippen molar-refractivity contribution in [2.45, 2.75) is 25.8 Å². The number of piperidine rings is 1. The normalized spacial score (nSPS) is 16.2. The molecule has 0 unspecified atom stereocenters. The fraction of sp³-hybridized carbons (Fsp3) is 0.533. The van der Waals surface area contributed by atoms with Crippen LogP contribution in [-0.4, -0.2) is 43.0 Å². The van der Waals surface area contributed by atoms with E-state index in [-0.39, 0.29) is 18.1 Å². The molecule has 21 heavy (non-hydrogen) atoms. The quantitative estimate of drug-likeness (QED) is 0.878. The summed E-state index contributed by atoms with van der Waals surface area (Å²) in [5.41, 5.74) is 0.172. The number of rotatable bonds is 5. The Morgan fingerprint density at radius 2 is 2.19 bits per heavy atom. The van der Waals surface area contributed by atoms with Crippen LogP contribution in [0.3, 0.4) is 0 Å². The van der Waals surface area contributed by atoms with E-state index in [1.54, 1.807) is 6.07 Å². The molecule has 2 rings (SSSR count). The lowest BCUT2D eigenvalue weighted by Gasteiger charge is -2.33. The lowest BCUT2D eigenvalue weighted by Crippen LogP contribution is -2.46. The number of halogens is 2. The molecular weight excluding hydrogens is 293 g/mol. The molecule has 116 valence electrons. The highest BCUT2D eigenvalue weighted by Crippen LogP contribution is 2.19. The van der Waals surface area contributed by atoms with E-state index in [0.29, 0.717) is 11.1 Å². The van der Waals surface area contributed by atoms with Crippen molar-refractivity contribution in [3.05, 3.63) is 29.0 Å². The van der Waals surface area contributed by atoms with Gasteiger partial charge in [0, 0.05) is 11.1 Å². The monoisotopic (exact) mass is 313 g/mol. The van der Waals surface area contributed by atoms with E-state index in [9.17, 15) is 9.18 Å². The number of likely N-dealkylation sites (N-methyl/N-ethyl adjacent to an activating group) is 1. The summed E-state index contributed by atoms with van der Waals surface area (Å²) < 4.78 is 13.7. The standard InChI is InChI=1S/C15H21ClFN3O/c1-2-20(12-5-7-18-8-6-12)10-15(21)19-14-4-3-11(16)9-13(14)17/h3-4,9,12,18H,2,5-8,10H2,1H3,(H,19,21). The Bertz CT molecular complexity index is 492. The molecule has 1 amide bonds. The van der Waals surface area contributed by atoms with Crippen LogP contribution in [-0.2, 0) is 4.79 Å². The van der Waals surface area contributed by atoms with Crippen molar-refractivity contribution < 1.29 is 9.18 Å². The van der Waals surface area contributed by atoms with Crippen molar-refractivity contribution >= 4 is 23.2 Å². The molecule has 0 spiro atoms.